The molecule has 3 nitrogen and oxygen atoms in total. The van der Waals surface area contributed by atoms with Crippen LogP contribution in [0.15, 0.2) is 30.5 Å². The molecule has 22 heavy (non-hydrogen) atoms. The van der Waals surface area contributed by atoms with Gasteiger partial charge in [0.15, 0.2) is 0 Å². The lowest BCUT2D eigenvalue weighted by atomic mass is 9.98. The molecule has 0 atom stereocenters. The zero-order chi connectivity index (χ0) is 16.4. The number of fused-ring (bicyclic) bond motifs is 1. The number of nitrogen functional groups attached to an aromatic ring is 1. The highest BCUT2D eigenvalue weighted by molar-refractivity contribution is 5.95. The molecule has 1 aliphatic rings. The lowest BCUT2D eigenvalue weighted by Gasteiger charge is -2.23. The highest BCUT2D eigenvalue weighted by atomic mass is 16.5. The maximum atomic E-state index is 6.06. The van der Waals surface area contributed by atoms with Crippen molar-refractivity contribution in [1.29, 1.82) is 0 Å². The molecule has 0 spiro atoms. The van der Waals surface area contributed by atoms with Crippen LogP contribution in [0.25, 0.3) is 10.8 Å². The van der Waals surface area contributed by atoms with Crippen LogP contribution < -0.4 is 10.5 Å². The predicted octanol–water partition coefficient (Wildman–Crippen LogP) is 5.58. The first kappa shape index (κ1) is 18.3. The predicted molar refractivity (Wildman–Crippen MR) is 96.4 cm³/mol. The van der Waals surface area contributed by atoms with Gasteiger partial charge in [0.25, 0.3) is 0 Å². The Balaban J connectivity index is 0.000000561. The lowest BCUT2D eigenvalue weighted by Crippen LogP contribution is -2.20. The Hall–Kier alpha value is -1.77. The molecule has 0 saturated heterocycles. The third-order valence-electron chi connectivity index (χ3n) is 3.63. The van der Waals surface area contributed by atoms with E-state index in [4.69, 9.17) is 10.5 Å². The molecule has 1 saturated carbocycles. The van der Waals surface area contributed by atoms with Crippen molar-refractivity contribution in [3.8, 4) is 5.88 Å². The minimum atomic E-state index is 0.318. The average molecular weight is 302 g/mol. The summed E-state index contributed by atoms with van der Waals surface area (Å²) in [5, 5.41) is 2.04. The molecule has 0 amide bonds. The van der Waals surface area contributed by atoms with Gasteiger partial charge in [-0.1, -0.05) is 40.2 Å². The Bertz CT molecular complexity index is 548. The average Bonchev–Trinajstić information content (AvgIpc) is 2.60. The van der Waals surface area contributed by atoms with Crippen molar-refractivity contribution in [2.75, 3.05) is 5.73 Å². The van der Waals surface area contributed by atoms with E-state index >= 15 is 0 Å². The number of nitrogens with two attached hydrogens (primary N) is 1. The van der Waals surface area contributed by atoms with Crippen LogP contribution in [0, 0.1) is 0 Å². The van der Waals surface area contributed by atoms with Gasteiger partial charge in [-0.25, -0.2) is 4.98 Å². The number of benzene rings is 1. The van der Waals surface area contributed by atoms with Crippen LogP contribution in [0.1, 0.15) is 59.8 Å². The molecule has 0 aliphatic heterocycles. The van der Waals surface area contributed by atoms with Gasteiger partial charge in [0.1, 0.15) is 6.10 Å². The number of aromatic nitrogens is 1. The molecular formula is C19H30N2O. The number of hydrogen-bond acceptors (Lipinski definition) is 3. The maximum absolute atomic E-state index is 6.06. The second-order valence-corrected chi connectivity index (χ2v) is 4.94. The highest BCUT2D eigenvalue weighted by Gasteiger charge is 2.16. The van der Waals surface area contributed by atoms with Gasteiger partial charge >= 0.3 is 0 Å². The Labute approximate surface area is 134 Å². The smallest absolute Gasteiger partial charge is 0.221 e. The molecule has 0 bridgehead atoms. The quantitative estimate of drug-likeness (QED) is 0.736. The van der Waals surface area contributed by atoms with E-state index in [2.05, 4.69) is 4.98 Å². The summed E-state index contributed by atoms with van der Waals surface area (Å²) in [6, 6.07) is 7.83. The first-order valence-corrected chi connectivity index (χ1v) is 8.64. The molecule has 1 heterocycles. The number of rotatable bonds is 2. The summed E-state index contributed by atoms with van der Waals surface area (Å²) in [5.74, 6) is 0.728. The molecule has 2 N–H and O–H groups in total. The fourth-order valence-electron chi connectivity index (χ4n) is 2.64. The molecule has 3 rings (SSSR count). The van der Waals surface area contributed by atoms with E-state index in [1.54, 1.807) is 6.20 Å². The highest BCUT2D eigenvalue weighted by Crippen LogP contribution is 2.30. The van der Waals surface area contributed by atoms with Gasteiger partial charge < -0.3 is 10.5 Å². The first-order chi connectivity index (χ1) is 10.8. The van der Waals surface area contributed by atoms with E-state index in [0.717, 1.165) is 35.2 Å². The minimum Gasteiger partial charge on any atom is -0.474 e. The van der Waals surface area contributed by atoms with Crippen LogP contribution in [-0.4, -0.2) is 11.1 Å². The SMILES string of the molecule is CC.CC.Nc1cccc2c(OC3CCCCC3)nccc12. The molecule has 1 aromatic carbocycles. The van der Waals surface area contributed by atoms with Gasteiger partial charge in [-0.2, -0.15) is 0 Å². The summed E-state index contributed by atoms with van der Waals surface area (Å²) >= 11 is 0. The van der Waals surface area contributed by atoms with E-state index in [9.17, 15) is 0 Å². The monoisotopic (exact) mass is 302 g/mol. The van der Waals surface area contributed by atoms with Gasteiger partial charge in [-0.05, 0) is 43.9 Å². The van der Waals surface area contributed by atoms with Crippen LogP contribution in [0.2, 0.25) is 0 Å². The summed E-state index contributed by atoms with van der Waals surface area (Å²) < 4.78 is 6.06. The topological polar surface area (TPSA) is 48.1 Å². The van der Waals surface area contributed by atoms with Crippen molar-refractivity contribution in [1.82, 2.24) is 4.98 Å². The number of ether oxygens (including phenoxy) is 1. The van der Waals surface area contributed by atoms with Crippen LogP contribution in [0.3, 0.4) is 0 Å². The van der Waals surface area contributed by atoms with Crippen molar-refractivity contribution in [2.24, 2.45) is 0 Å². The van der Waals surface area contributed by atoms with Crippen LogP contribution >= 0.6 is 0 Å². The molecule has 1 aliphatic carbocycles. The fraction of sp³-hybridized carbons (Fsp3) is 0.526. The van der Waals surface area contributed by atoms with Gasteiger partial charge in [0.2, 0.25) is 5.88 Å². The molecular weight excluding hydrogens is 272 g/mol. The van der Waals surface area contributed by atoms with Crippen molar-refractivity contribution in [2.45, 2.75) is 65.9 Å². The van der Waals surface area contributed by atoms with E-state index < -0.39 is 0 Å². The second kappa shape index (κ2) is 10.0. The van der Waals surface area contributed by atoms with E-state index in [1.807, 2.05) is 52.0 Å². The van der Waals surface area contributed by atoms with Crippen LogP contribution in [-0.2, 0) is 0 Å². The normalized spacial score (nSPS) is 14.4. The van der Waals surface area contributed by atoms with Crippen molar-refractivity contribution >= 4 is 16.5 Å². The Morgan fingerprint density at radius 3 is 2.32 bits per heavy atom. The number of anilines is 1. The first-order valence-electron chi connectivity index (χ1n) is 8.64. The largest absolute Gasteiger partial charge is 0.474 e. The van der Waals surface area contributed by atoms with E-state index in [0.29, 0.717) is 6.10 Å². The number of pyridine rings is 1. The van der Waals surface area contributed by atoms with Crippen LogP contribution in [0.5, 0.6) is 5.88 Å². The Morgan fingerprint density at radius 1 is 0.955 bits per heavy atom. The molecule has 0 unspecified atom stereocenters. The zero-order valence-electron chi connectivity index (χ0n) is 14.4. The Kier molecular flexibility index (Phi) is 8.34. The maximum Gasteiger partial charge on any atom is 0.221 e. The van der Waals surface area contributed by atoms with Gasteiger partial charge in [0, 0.05) is 22.7 Å². The van der Waals surface area contributed by atoms with Gasteiger partial charge in [0.05, 0.1) is 0 Å². The van der Waals surface area contributed by atoms with Crippen molar-refractivity contribution in [3.63, 3.8) is 0 Å². The van der Waals surface area contributed by atoms with E-state index in [1.165, 1.54) is 19.3 Å². The summed E-state index contributed by atoms with van der Waals surface area (Å²) in [6.45, 7) is 8.00. The second-order valence-electron chi connectivity index (χ2n) is 4.94. The Morgan fingerprint density at radius 2 is 1.64 bits per heavy atom. The molecule has 2 aromatic rings. The number of hydrogen-bond donors (Lipinski definition) is 1. The summed E-state index contributed by atoms with van der Waals surface area (Å²) in [7, 11) is 0. The van der Waals surface area contributed by atoms with Gasteiger partial charge in [-0.15, -0.1) is 0 Å². The summed E-state index contributed by atoms with van der Waals surface area (Å²) in [5.41, 5.74) is 6.76. The molecule has 3 heteroatoms. The molecule has 122 valence electrons. The third kappa shape index (κ3) is 4.62. The molecule has 1 aromatic heterocycles. The molecule has 0 radical (unpaired) electrons. The third-order valence-corrected chi connectivity index (χ3v) is 3.63. The summed E-state index contributed by atoms with van der Waals surface area (Å²) in [6.07, 6.45) is 8.22. The summed E-state index contributed by atoms with van der Waals surface area (Å²) in [4.78, 5) is 4.36. The van der Waals surface area contributed by atoms with E-state index in [-0.39, 0.29) is 0 Å². The van der Waals surface area contributed by atoms with Crippen molar-refractivity contribution < 1.29 is 4.74 Å². The fourth-order valence-corrected chi connectivity index (χ4v) is 2.64. The zero-order valence-corrected chi connectivity index (χ0v) is 14.4. The minimum absolute atomic E-state index is 0.318. The van der Waals surface area contributed by atoms with Gasteiger partial charge in [-0.3, -0.25) is 0 Å². The van der Waals surface area contributed by atoms with Crippen LogP contribution in [0.4, 0.5) is 5.69 Å². The standard InChI is InChI=1S/C15H18N2O.2C2H6/c16-14-8-4-7-13-12(14)9-10-17-15(13)18-11-5-2-1-3-6-11;2*1-2/h4,7-11H,1-3,5-6,16H2;2*1-2H3. The van der Waals surface area contributed by atoms with Crippen molar-refractivity contribution in [3.05, 3.63) is 30.5 Å². The molecule has 1 fully saturated rings. The lowest BCUT2D eigenvalue weighted by molar-refractivity contribution is 0.151. The number of nitrogens with zero attached hydrogens (tertiary/aromatic N) is 1.